The SMILES string of the molecule is CC[C@H](C)[C@H](NC(=O)CN(C)C(C)C)C(=O)O. The summed E-state index contributed by atoms with van der Waals surface area (Å²) in [5.74, 6) is -1.28. The van der Waals surface area contributed by atoms with Gasteiger partial charge in [0.05, 0.1) is 6.54 Å². The fraction of sp³-hybridized carbons (Fsp3) is 0.833. The van der Waals surface area contributed by atoms with Crippen LogP contribution in [0.25, 0.3) is 0 Å². The minimum atomic E-state index is -0.972. The van der Waals surface area contributed by atoms with Gasteiger partial charge in [0.2, 0.25) is 5.91 Å². The number of hydrogen-bond acceptors (Lipinski definition) is 3. The Bertz CT molecular complexity index is 266. The molecule has 5 nitrogen and oxygen atoms in total. The predicted octanol–water partition coefficient (Wildman–Crippen LogP) is 0.942. The van der Waals surface area contributed by atoms with Crippen molar-refractivity contribution in [2.24, 2.45) is 5.92 Å². The second-order valence-corrected chi connectivity index (χ2v) is 4.78. The van der Waals surface area contributed by atoms with Gasteiger partial charge >= 0.3 is 5.97 Å². The van der Waals surface area contributed by atoms with Gasteiger partial charge in [-0.2, -0.15) is 0 Å². The highest BCUT2D eigenvalue weighted by Gasteiger charge is 2.25. The van der Waals surface area contributed by atoms with Crippen molar-refractivity contribution in [2.45, 2.75) is 46.2 Å². The number of nitrogens with one attached hydrogen (secondary N) is 1. The second-order valence-electron chi connectivity index (χ2n) is 4.78. The van der Waals surface area contributed by atoms with E-state index >= 15 is 0 Å². The Morgan fingerprint density at radius 3 is 2.18 bits per heavy atom. The van der Waals surface area contributed by atoms with Gasteiger partial charge in [-0.05, 0) is 26.8 Å². The first-order chi connectivity index (χ1) is 7.79. The molecule has 0 radical (unpaired) electrons. The Morgan fingerprint density at radius 1 is 1.29 bits per heavy atom. The van der Waals surface area contributed by atoms with E-state index in [4.69, 9.17) is 5.11 Å². The summed E-state index contributed by atoms with van der Waals surface area (Å²) in [6, 6.07) is -0.541. The Morgan fingerprint density at radius 2 is 1.82 bits per heavy atom. The molecule has 0 aromatic rings. The van der Waals surface area contributed by atoms with Gasteiger partial charge in [-0.25, -0.2) is 4.79 Å². The van der Waals surface area contributed by atoms with Crippen LogP contribution < -0.4 is 5.32 Å². The normalized spacial score (nSPS) is 14.8. The summed E-state index contributed by atoms with van der Waals surface area (Å²) in [5, 5.41) is 11.6. The molecule has 2 N–H and O–H groups in total. The third kappa shape index (κ3) is 5.68. The van der Waals surface area contributed by atoms with Gasteiger partial charge in [0.25, 0.3) is 0 Å². The molecule has 0 heterocycles. The van der Waals surface area contributed by atoms with E-state index in [1.807, 2.05) is 39.6 Å². The lowest BCUT2D eigenvalue weighted by molar-refractivity contribution is -0.143. The number of carbonyl (C=O) groups excluding carboxylic acids is 1. The highest BCUT2D eigenvalue weighted by atomic mass is 16.4. The fourth-order valence-electron chi connectivity index (χ4n) is 1.31. The van der Waals surface area contributed by atoms with Gasteiger partial charge in [-0.1, -0.05) is 20.3 Å². The molecule has 100 valence electrons. The van der Waals surface area contributed by atoms with E-state index < -0.39 is 12.0 Å². The maximum atomic E-state index is 11.7. The van der Waals surface area contributed by atoms with Crippen molar-refractivity contribution in [3.63, 3.8) is 0 Å². The first kappa shape index (κ1) is 15.9. The second kappa shape index (κ2) is 7.27. The minimum Gasteiger partial charge on any atom is -0.480 e. The summed E-state index contributed by atoms with van der Waals surface area (Å²) in [7, 11) is 1.84. The van der Waals surface area contributed by atoms with Crippen LogP contribution in [0.1, 0.15) is 34.1 Å². The molecule has 1 amide bonds. The van der Waals surface area contributed by atoms with Crippen LogP contribution in [0, 0.1) is 5.92 Å². The van der Waals surface area contributed by atoms with Crippen molar-refractivity contribution < 1.29 is 14.7 Å². The zero-order valence-corrected chi connectivity index (χ0v) is 11.4. The van der Waals surface area contributed by atoms with Crippen LogP contribution in [0.5, 0.6) is 0 Å². The molecule has 0 aromatic carbocycles. The van der Waals surface area contributed by atoms with Crippen LogP contribution in [-0.2, 0) is 9.59 Å². The first-order valence-electron chi connectivity index (χ1n) is 6.02. The molecule has 0 saturated heterocycles. The van der Waals surface area contributed by atoms with Gasteiger partial charge in [0.1, 0.15) is 6.04 Å². The number of carbonyl (C=O) groups is 2. The summed E-state index contributed by atoms with van der Waals surface area (Å²) < 4.78 is 0. The molecule has 0 fully saturated rings. The Kier molecular flexibility index (Phi) is 6.80. The number of rotatable bonds is 7. The highest BCUT2D eigenvalue weighted by molar-refractivity contribution is 5.84. The molecule has 0 bridgehead atoms. The standard InChI is InChI=1S/C12H24N2O3/c1-6-9(4)11(12(16)17)13-10(15)7-14(5)8(2)3/h8-9,11H,6-7H2,1-5H3,(H,13,15)(H,16,17)/t9-,11-/m0/s1. The van der Waals surface area contributed by atoms with E-state index in [9.17, 15) is 9.59 Å². The predicted molar refractivity (Wildman–Crippen MR) is 66.8 cm³/mol. The molecule has 0 aliphatic carbocycles. The van der Waals surface area contributed by atoms with Crippen molar-refractivity contribution >= 4 is 11.9 Å². The number of nitrogens with zero attached hydrogens (tertiary/aromatic N) is 1. The quantitative estimate of drug-likeness (QED) is 0.699. The van der Waals surface area contributed by atoms with E-state index in [0.29, 0.717) is 0 Å². The van der Waals surface area contributed by atoms with Crippen molar-refractivity contribution in [1.82, 2.24) is 10.2 Å². The zero-order chi connectivity index (χ0) is 13.6. The average molecular weight is 244 g/mol. The molecule has 0 aliphatic rings. The van der Waals surface area contributed by atoms with Crippen molar-refractivity contribution in [3.8, 4) is 0 Å². The van der Waals surface area contributed by atoms with E-state index in [2.05, 4.69) is 5.32 Å². The highest BCUT2D eigenvalue weighted by Crippen LogP contribution is 2.07. The molecule has 0 unspecified atom stereocenters. The third-order valence-electron chi connectivity index (χ3n) is 3.07. The third-order valence-corrected chi connectivity index (χ3v) is 3.07. The van der Waals surface area contributed by atoms with E-state index in [0.717, 1.165) is 6.42 Å². The number of carboxylic acid groups (broad SMARTS) is 1. The molecular weight excluding hydrogens is 220 g/mol. The first-order valence-corrected chi connectivity index (χ1v) is 6.02. The zero-order valence-electron chi connectivity index (χ0n) is 11.4. The van der Waals surface area contributed by atoms with Crippen LogP contribution in [-0.4, -0.2) is 47.6 Å². The smallest absolute Gasteiger partial charge is 0.326 e. The van der Waals surface area contributed by atoms with Gasteiger partial charge in [0, 0.05) is 6.04 Å². The number of hydrogen-bond donors (Lipinski definition) is 2. The van der Waals surface area contributed by atoms with Crippen molar-refractivity contribution in [1.29, 1.82) is 0 Å². The van der Waals surface area contributed by atoms with Crippen molar-refractivity contribution in [2.75, 3.05) is 13.6 Å². The van der Waals surface area contributed by atoms with E-state index in [1.54, 1.807) is 0 Å². The minimum absolute atomic E-state index is 0.0687. The topological polar surface area (TPSA) is 69.6 Å². The van der Waals surface area contributed by atoms with Gasteiger partial charge in [-0.3, -0.25) is 9.69 Å². The Balaban J connectivity index is 4.37. The molecular formula is C12H24N2O3. The molecule has 0 saturated carbocycles. The summed E-state index contributed by atoms with van der Waals surface area (Å²) in [6.07, 6.45) is 0.720. The molecule has 2 atom stereocenters. The van der Waals surface area contributed by atoms with Gasteiger partial charge in [0.15, 0.2) is 0 Å². The molecule has 5 heteroatoms. The summed E-state index contributed by atoms with van der Waals surface area (Å²) in [4.78, 5) is 24.6. The lowest BCUT2D eigenvalue weighted by Crippen LogP contribution is -2.48. The van der Waals surface area contributed by atoms with E-state index in [-0.39, 0.29) is 24.4 Å². The van der Waals surface area contributed by atoms with Crippen LogP contribution in [0.2, 0.25) is 0 Å². The van der Waals surface area contributed by atoms with Crippen LogP contribution in [0.15, 0.2) is 0 Å². The number of likely N-dealkylation sites (N-methyl/N-ethyl adjacent to an activating group) is 1. The lowest BCUT2D eigenvalue weighted by atomic mass is 9.99. The lowest BCUT2D eigenvalue weighted by Gasteiger charge is -2.24. The summed E-state index contributed by atoms with van der Waals surface area (Å²) in [6.45, 7) is 7.92. The van der Waals surface area contributed by atoms with Crippen LogP contribution in [0.4, 0.5) is 0 Å². The van der Waals surface area contributed by atoms with Gasteiger partial charge < -0.3 is 10.4 Å². The maximum Gasteiger partial charge on any atom is 0.326 e. The fourth-order valence-corrected chi connectivity index (χ4v) is 1.31. The Hall–Kier alpha value is -1.10. The summed E-state index contributed by atoms with van der Waals surface area (Å²) >= 11 is 0. The Labute approximate surface area is 103 Å². The van der Waals surface area contributed by atoms with Crippen LogP contribution >= 0.6 is 0 Å². The molecule has 17 heavy (non-hydrogen) atoms. The summed E-state index contributed by atoms with van der Waals surface area (Å²) in [5.41, 5.74) is 0. The number of aliphatic carboxylic acids is 1. The maximum absolute atomic E-state index is 11.7. The largest absolute Gasteiger partial charge is 0.480 e. The monoisotopic (exact) mass is 244 g/mol. The van der Waals surface area contributed by atoms with Crippen molar-refractivity contribution in [3.05, 3.63) is 0 Å². The van der Waals surface area contributed by atoms with Gasteiger partial charge in [-0.15, -0.1) is 0 Å². The van der Waals surface area contributed by atoms with Crippen LogP contribution in [0.3, 0.4) is 0 Å². The molecule has 0 aliphatic heterocycles. The van der Waals surface area contributed by atoms with E-state index in [1.165, 1.54) is 0 Å². The molecule has 0 aromatic heterocycles. The number of amides is 1. The average Bonchev–Trinajstić information content (AvgIpc) is 2.24. The molecule has 0 rings (SSSR count). The molecule has 0 spiro atoms. The number of carboxylic acids is 1.